The van der Waals surface area contributed by atoms with Crippen molar-refractivity contribution >= 4 is 40.9 Å². The minimum atomic E-state index is -4.56. The number of nitrogens with one attached hydrogen (secondary N) is 2. The van der Waals surface area contributed by atoms with E-state index in [4.69, 9.17) is 21.1 Å². The van der Waals surface area contributed by atoms with Crippen LogP contribution in [0.4, 0.5) is 18.9 Å². The number of hydrogen-bond donors (Lipinski definition) is 2. The van der Waals surface area contributed by atoms with Crippen LogP contribution in [-0.2, 0) is 24.6 Å². The first-order chi connectivity index (χ1) is 16.6. The van der Waals surface area contributed by atoms with E-state index in [1.807, 2.05) is 0 Å². The highest BCUT2D eigenvalue weighted by molar-refractivity contribution is 7.99. The Morgan fingerprint density at radius 1 is 1.14 bits per heavy atom. The molecule has 1 aliphatic heterocycles. The number of alkyl halides is 3. The fourth-order valence-electron chi connectivity index (χ4n) is 3.04. The highest BCUT2D eigenvalue weighted by atomic mass is 35.5. The number of aromatic nitrogens is 3. The minimum absolute atomic E-state index is 0.0181. The lowest BCUT2D eigenvalue weighted by molar-refractivity contribution is -0.137. The van der Waals surface area contributed by atoms with Gasteiger partial charge in [0.05, 0.1) is 28.6 Å². The minimum Gasteiger partial charge on any atom is -0.454 e. The number of carbonyl (C=O) groups is 2. The zero-order valence-corrected chi connectivity index (χ0v) is 19.6. The summed E-state index contributed by atoms with van der Waals surface area (Å²) in [7, 11) is 1.66. The molecule has 14 heteroatoms. The average Bonchev–Trinajstić information content (AvgIpc) is 3.42. The predicted octanol–water partition coefficient (Wildman–Crippen LogP) is 3.88. The molecular formula is C21H17ClF3N5O4S. The van der Waals surface area contributed by atoms with Crippen molar-refractivity contribution < 1.29 is 32.2 Å². The molecule has 2 N–H and O–H groups in total. The molecule has 0 radical (unpaired) electrons. The summed E-state index contributed by atoms with van der Waals surface area (Å²) < 4.78 is 50.8. The van der Waals surface area contributed by atoms with Crippen LogP contribution in [0, 0.1) is 0 Å². The lowest BCUT2D eigenvalue weighted by atomic mass is 10.2. The molecular weight excluding hydrogens is 511 g/mol. The van der Waals surface area contributed by atoms with Crippen LogP contribution in [0.5, 0.6) is 11.5 Å². The molecule has 0 bridgehead atoms. The molecule has 2 aromatic carbocycles. The molecule has 0 unspecified atom stereocenters. The molecule has 0 spiro atoms. The number of nitrogens with zero attached hydrogens (tertiary/aromatic N) is 3. The molecule has 0 aliphatic carbocycles. The first-order valence-electron chi connectivity index (χ1n) is 9.97. The summed E-state index contributed by atoms with van der Waals surface area (Å²) in [5.41, 5.74) is -0.682. The van der Waals surface area contributed by atoms with Crippen LogP contribution in [0.25, 0.3) is 0 Å². The van der Waals surface area contributed by atoms with E-state index in [0.717, 1.165) is 30.0 Å². The fraction of sp³-hybridized carbons (Fsp3) is 0.238. The Balaban J connectivity index is 1.31. The molecule has 0 fully saturated rings. The Morgan fingerprint density at radius 3 is 2.69 bits per heavy atom. The van der Waals surface area contributed by atoms with Crippen molar-refractivity contribution in [1.82, 2.24) is 20.1 Å². The van der Waals surface area contributed by atoms with E-state index in [1.54, 1.807) is 29.8 Å². The lowest BCUT2D eigenvalue weighted by Gasteiger charge is -2.11. The van der Waals surface area contributed by atoms with E-state index in [1.165, 1.54) is 0 Å². The van der Waals surface area contributed by atoms with Crippen molar-refractivity contribution in [3.8, 4) is 11.5 Å². The number of thioether (sulfide) groups is 1. The summed E-state index contributed by atoms with van der Waals surface area (Å²) in [5.74, 6) is 0.412. The van der Waals surface area contributed by atoms with Gasteiger partial charge in [-0.2, -0.15) is 13.2 Å². The van der Waals surface area contributed by atoms with Gasteiger partial charge in [0.25, 0.3) is 5.91 Å². The lowest BCUT2D eigenvalue weighted by Crippen LogP contribution is -2.24. The number of carbonyl (C=O) groups excluding carboxylic acids is 2. The van der Waals surface area contributed by atoms with Gasteiger partial charge in [-0.15, -0.1) is 10.2 Å². The zero-order valence-electron chi connectivity index (χ0n) is 18.0. The second kappa shape index (κ2) is 10.0. The highest BCUT2D eigenvalue weighted by Crippen LogP contribution is 2.34. The SMILES string of the molecule is Cn1c(CNC(=O)c2ccc3c(c2)OCO3)nnc1SCC(=O)Nc1cc(C(F)(F)F)ccc1Cl. The highest BCUT2D eigenvalue weighted by Gasteiger charge is 2.31. The molecule has 1 aromatic heterocycles. The summed E-state index contributed by atoms with van der Waals surface area (Å²) in [4.78, 5) is 24.7. The first kappa shape index (κ1) is 24.7. The average molecular weight is 528 g/mol. The van der Waals surface area contributed by atoms with Crippen molar-refractivity contribution in [3.05, 3.63) is 58.4 Å². The monoisotopic (exact) mass is 527 g/mol. The molecule has 9 nitrogen and oxygen atoms in total. The number of hydrogen-bond acceptors (Lipinski definition) is 7. The van der Waals surface area contributed by atoms with Crippen LogP contribution in [0.3, 0.4) is 0 Å². The van der Waals surface area contributed by atoms with E-state index in [-0.39, 0.29) is 35.7 Å². The third-order valence-corrected chi connectivity index (χ3v) is 6.22. The maximum atomic E-state index is 12.9. The summed E-state index contributed by atoms with van der Waals surface area (Å²) >= 11 is 6.93. The largest absolute Gasteiger partial charge is 0.454 e. The van der Waals surface area contributed by atoms with Gasteiger partial charge in [0.1, 0.15) is 0 Å². The Labute approximate surface area is 205 Å². The summed E-state index contributed by atoms with van der Waals surface area (Å²) in [6.07, 6.45) is -4.56. The van der Waals surface area contributed by atoms with Crippen LogP contribution in [0.2, 0.25) is 5.02 Å². The predicted molar refractivity (Wildman–Crippen MR) is 121 cm³/mol. The molecule has 184 valence electrons. The van der Waals surface area contributed by atoms with Crippen molar-refractivity contribution in [2.45, 2.75) is 17.9 Å². The van der Waals surface area contributed by atoms with E-state index < -0.39 is 17.6 Å². The van der Waals surface area contributed by atoms with Crippen LogP contribution in [0.15, 0.2) is 41.6 Å². The number of benzene rings is 2. The molecule has 2 amide bonds. The van der Waals surface area contributed by atoms with Gasteiger partial charge < -0.3 is 24.7 Å². The van der Waals surface area contributed by atoms with Gasteiger partial charge in [-0.1, -0.05) is 23.4 Å². The molecule has 0 saturated carbocycles. The van der Waals surface area contributed by atoms with Gasteiger partial charge >= 0.3 is 6.18 Å². The number of ether oxygens (including phenoxy) is 2. The van der Waals surface area contributed by atoms with Gasteiger partial charge in [0.15, 0.2) is 22.5 Å². The van der Waals surface area contributed by atoms with Gasteiger partial charge in [-0.3, -0.25) is 9.59 Å². The molecule has 0 saturated heterocycles. The fourth-order valence-corrected chi connectivity index (χ4v) is 3.93. The normalized spacial score (nSPS) is 12.5. The Bertz CT molecular complexity index is 1280. The van der Waals surface area contributed by atoms with Crippen molar-refractivity contribution in [3.63, 3.8) is 0 Å². The number of fused-ring (bicyclic) bond motifs is 1. The van der Waals surface area contributed by atoms with Gasteiger partial charge in [-0.25, -0.2) is 0 Å². The molecule has 0 atom stereocenters. The smallest absolute Gasteiger partial charge is 0.416 e. The van der Waals surface area contributed by atoms with E-state index in [0.29, 0.717) is 28.0 Å². The van der Waals surface area contributed by atoms with Gasteiger partial charge in [0.2, 0.25) is 12.7 Å². The van der Waals surface area contributed by atoms with Gasteiger partial charge in [0, 0.05) is 12.6 Å². The molecule has 4 rings (SSSR count). The third kappa shape index (κ3) is 5.80. The van der Waals surface area contributed by atoms with Crippen LogP contribution < -0.4 is 20.1 Å². The van der Waals surface area contributed by atoms with Crippen LogP contribution >= 0.6 is 23.4 Å². The third-order valence-electron chi connectivity index (χ3n) is 4.87. The topological polar surface area (TPSA) is 107 Å². The van der Waals surface area contributed by atoms with Gasteiger partial charge in [-0.05, 0) is 36.4 Å². The number of amides is 2. The maximum absolute atomic E-state index is 12.9. The Hall–Kier alpha value is -3.45. The van der Waals surface area contributed by atoms with E-state index in [9.17, 15) is 22.8 Å². The second-order valence-electron chi connectivity index (χ2n) is 7.24. The van der Waals surface area contributed by atoms with Crippen LogP contribution in [-0.4, -0.2) is 39.1 Å². The summed E-state index contributed by atoms with van der Waals surface area (Å²) in [6, 6.07) is 7.50. The molecule has 35 heavy (non-hydrogen) atoms. The quantitative estimate of drug-likeness (QED) is 0.449. The number of anilines is 1. The summed E-state index contributed by atoms with van der Waals surface area (Å²) in [6.45, 7) is 0.175. The van der Waals surface area contributed by atoms with E-state index in [2.05, 4.69) is 20.8 Å². The zero-order chi connectivity index (χ0) is 25.2. The number of rotatable bonds is 7. The van der Waals surface area contributed by atoms with Crippen molar-refractivity contribution in [2.24, 2.45) is 7.05 Å². The molecule has 2 heterocycles. The Kier molecular flexibility index (Phi) is 7.08. The standard InChI is InChI=1S/C21H17ClF3N5O4S/c1-30-17(8-26-19(32)11-2-5-15-16(6-11)34-10-33-15)28-29-20(30)35-9-18(31)27-14-7-12(21(23,24)25)3-4-13(14)22/h2-7H,8-10H2,1H3,(H,26,32)(H,27,31). The number of halogens is 4. The second-order valence-corrected chi connectivity index (χ2v) is 8.59. The van der Waals surface area contributed by atoms with Crippen molar-refractivity contribution in [2.75, 3.05) is 17.9 Å². The van der Waals surface area contributed by atoms with Crippen molar-refractivity contribution in [1.29, 1.82) is 0 Å². The molecule has 1 aliphatic rings. The van der Waals surface area contributed by atoms with E-state index >= 15 is 0 Å². The van der Waals surface area contributed by atoms with Crippen LogP contribution in [0.1, 0.15) is 21.7 Å². The summed E-state index contributed by atoms with van der Waals surface area (Å²) in [5, 5.41) is 13.5. The maximum Gasteiger partial charge on any atom is 0.416 e. The Morgan fingerprint density at radius 2 is 1.91 bits per heavy atom. The molecule has 3 aromatic rings. The first-order valence-corrected chi connectivity index (χ1v) is 11.3.